The van der Waals surface area contributed by atoms with Crippen LogP contribution >= 0.6 is 0 Å². The van der Waals surface area contributed by atoms with Gasteiger partial charge in [-0.15, -0.1) is 0 Å². The molecule has 1 amide bonds. The van der Waals surface area contributed by atoms with Gasteiger partial charge in [0.05, 0.1) is 33.0 Å². The Balaban J connectivity index is 1.35. The Morgan fingerprint density at radius 1 is 1.03 bits per heavy atom. The van der Waals surface area contributed by atoms with Gasteiger partial charge in [0.1, 0.15) is 0 Å². The van der Waals surface area contributed by atoms with Crippen molar-refractivity contribution in [2.45, 2.75) is 19.0 Å². The smallest absolute Gasteiger partial charge is 0.251 e. The highest BCUT2D eigenvalue weighted by Crippen LogP contribution is 2.22. The fraction of sp³-hybridized carbons (Fsp3) is 0.682. The number of benzene rings is 1. The van der Waals surface area contributed by atoms with Crippen molar-refractivity contribution in [2.75, 3.05) is 72.4 Å². The molecule has 160 valence electrons. The van der Waals surface area contributed by atoms with E-state index in [9.17, 15) is 4.79 Å². The third-order valence-electron chi connectivity index (χ3n) is 6.19. The van der Waals surface area contributed by atoms with Crippen LogP contribution in [0.4, 0.5) is 0 Å². The van der Waals surface area contributed by atoms with Gasteiger partial charge in [-0.1, -0.05) is 12.1 Å². The Morgan fingerprint density at radius 3 is 2.52 bits per heavy atom. The minimum absolute atomic E-state index is 0.00556. The van der Waals surface area contributed by atoms with Crippen molar-refractivity contribution in [1.82, 2.24) is 15.1 Å². The summed E-state index contributed by atoms with van der Waals surface area (Å²) in [6.07, 6.45) is 1.06. The molecule has 2 atom stereocenters. The first-order valence-electron chi connectivity index (χ1n) is 10.9. The number of amides is 1. The van der Waals surface area contributed by atoms with Crippen molar-refractivity contribution in [3.8, 4) is 0 Å². The van der Waals surface area contributed by atoms with Gasteiger partial charge in [0.2, 0.25) is 0 Å². The molecule has 3 aliphatic heterocycles. The molecule has 0 bridgehead atoms. The molecule has 7 nitrogen and oxygen atoms in total. The van der Waals surface area contributed by atoms with E-state index < -0.39 is 0 Å². The second-order valence-corrected chi connectivity index (χ2v) is 8.14. The predicted molar refractivity (Wildman–Crippen MR) is 110 cm³/mol. The number of hydrogen-bond donors (Lipinski definition) is 1. The zero-order chi connectivity index (χ0) is 19.9. The minimum Gasteiger partial charge on any atom is -0.381 e. The molecule has 3 fully saturated rings. The van der Waals surface area contributed by atoms with Crippen molar-refractivity contribution in [3.63, 3.8) is 0 Å². The van der Waals surface area contributed by atoms with E-state index in [0.717, 1.165) is 84.3 Å². The lowest BCUT2D eigenvalue weighted by atomic mass is 9.96. The number of carbonyl (C=O) groups is 1. The van der Waals surface area contributed by atoms with E-state index in [-0.39, 0.29) is 5.91 Å². The van der Waals surface area contributed by atoms with E-state index in [2.05, 4.69) is 21.2 Å². The molecule has 1 aromatic rings. The lowest BCUT2D eigenvalue weighted by Crippen LogP contribution is -2.52. The van der Waals surface area contributed by atoms with Crippen LogP contribution in [0.1, 0.15) is 22.3 Å². The first-order chi connectivity index (χ1) is 14.3. The van der Waals surface area contributed by atoms with Crippen LogP contribution in [0.25, 0.3) is 0 Å². The summed E-state index contributed by atoms with van der Waals surface area (Å²) >= 11 is 0. The Morgan fingerprint density at radius 2 is 1.79 bits per heavy atom. The van der Waals surface area contributed by atoms with Gasteiger partial charge < -0.3 is 19.5 Å². The van der Waals surface area contributed by atoms with E-state index in [1.807, 2.05) is 18.2 Å². The molecule has 2 unspecified atom stereocenters. The minimum atomic E-state index is 0.00556. The SMILES string of the molecule is O=C(NCC(C1CCOC1)N1CCOCC1)c1cccc(CN2CCOCC2)c1. The quantitative estimate of drug-likeness (QED) is 0.733. The molecule has 0 spiro atoms. The standard InChI is InChI=1S/C22H33N3O4/c26-22(19-3-1-2-18(14-19)16-24-5-10-27-11-6-24)23-15-21(20-4-9-29-17-20)25-7-12-28-13-8-25/h1-3,14,20-21H,4-13,15-17H2,(H,23,26). The van der Waals surface area contributed by atoms with Crippen molar-refractivity contribution in [2.24, 2.45) is 5.92 Å². The monoisotopic (exact) mass is 403 g/mol. The fourth-order valence-corrected chi connectivity index (χ4v) is 4.49. The van der Waals surface area contributed by atoms with Gasteiger partial charge in [-0.05, 0) is 24.1 Å². The van der Waals surface area contributed by atoms with Crippen LogP contribution in [0.5, 0.6) is 0 Å². The summed E-state index contributed by atoms with van der Waals surface area (Å²) in [7, 11) is 0. The zero-order valence-electron chi connectivity index (χ0n) is 17.2. The lowest BCUT2D eigenvalue weighted by molar-refractivity contribution is 0.00166. The molecular weight excluding hydrogens is 370 g/mol. The zero-order valence-corrected chi connectivity index (χ0v) is 17.2. The van der Waals surface area contributed by atoms with E-state index in [0.29, 0.717) is 18.5 Å². The number of hydrogen-bond acceptors (Lipinski definition) is 6. The molecule has 0 aromatic heterocycles. The highest BCUT2D eigenvalue weighted by atomic mass is 16.5. The second kappa shape index (κ2) is 10.5. The molecule has 1 aromatic carbocycles. The van der Waals surface area contributed by atoms with Gasteiger partial charge in [-0.25, -0.2) is 0 Å². The summed E-state index contributed by atoms with van der Waals surface area (Å²) < 4.78 is 16.6. The lowest BCUT2D eigenvalue weighted by Gasteiger charge is -2.37. The van der Waals surface area contributed by atoms with Crippen LogP contribution in [0, 0.1) is 5.92 Å². The van der Waals surface area contributed by atoms with Crippen LogP contribution in [0.2, 0.25) is 0 Å². The highest BCUT2D eigenvalue weighted by molar-refractivity contribution is 5.94. The van der Waals surface area contributed by atoms with Gasteiger partial charge in [0.25, 0.3) is 5.91 Å². The predicted octanol–water partition coefficient (Wildman–Crippen LogP) is 0.986. The normalized spacial score (nSPS) is 25.0. The van der Waals surface area contributed by atoms with Gasteiger partial charge in [-0.3, -0.25) is 14.6 Å². The van der Waals surface area contributed by atoms with Crippen LogP contribution in [0.3, 0.4) is 0 Å². The van der Waals surface area contributed by atoms with E-state index >= 15 is 0 Å². The van der Waals surface area contributed by atoms with Crippen LogP contribution in [-0.2, 0) is 20.8 Å². The molecule has 0 aliphatic carbocycles. The number of rotatable bonds is 7. The molecule has 3 heterocycles. The molecule has 1 N–H and O–H groups in total. The maximum atomic E-state index is 12.9. The third kappa shape index (κ3) is 5.77. The molecule has 7 heteroatoms. The largest absolute Gasteiger partial charge is 0.381 e. The van der Waals surface area contributed by atoms with Crippen molar-refractivity contribution in [1.29, 1.82) is 0 Å². The summed E-state index contributed by atoms with van der Waals surface area (Å²) in [5.41, 5.74) is 1.91. The Kier molecular flexibility index (Phi) is 7.51. The van der Waals surface area contributed by atoms with E-state index in [1.54, 1.807) is 0 Å². The van der Waals surface area contributed by atoms with Gasteiger partial charge in [0.15, 0.2) is 0 Å². The number of nitrogens with zero attached hydrogens (tertiary/aromatic N) is 2. The molecule has 29 heavy (non-hydrogen) atoms. The number of nitrogens with one attached hydrogen (secondary N) is 1. The molecule has 0 radical (unpaired) electrons. The Hall–Kier alpha value is -1.51. The van der Waals surface area contributed by atoms with Crippen LogP contribution < -0.4 is 5.32 Å². The second-order valence-electron chi connectivity index (χ2n) is 8.14. The van der Waals surface area contributed by atoms with Crippen molar-refractivity contribution in [3.05, 3.63) is 35.4 Å². The molecule has 3 saturated heterocycles. The summed E-state index contributed by atoms with van der Waals surface area (Å²) in [6, 6.07) is 8.31. The summed E-state index contributed by atoms with van der Waals surface area (Å²) in [5.74, 6) is 0.479. The van der Waals surface area contributed by atoms with E-state index in [4.69, 9.17) is 14.2 Å². The average molecular weight is 404 g/mol. The highest BCUT2D eigenvalue weighted by Gasteiger charge is 2.31. The Bertz CT molecular complexity index is 653. The maximum Gasteiger partial charge on any atom is 0.251 e. The first kappa shape index (κ1) is 20.8. The molecule has 4 rings (SSSR count). The van der Waals surface area contributed by atoms with Gasteiger partial charge in [0, 0.05) is 63.4 Å². The average Bonchev–Trinajstić information content (AvgIpc) is 3.30. The topological polar surface area (TPSA) is 63.3 Å². The number of ether oxygens (including phenoxy) is 3. The van der Waals surface area contributed by atoms with Crippen LogP contribution in [-0.4, -0.2) is 94.1 Å². The fourth-order valence-electron chi connectivity index (χ4n) is 4.49. The van der Waals surface area contributed by atoms with Gasteiger partial charge >= 0.3 is 0 Å². The van der Waals surface area contributed by atoms with E-state index in [1.165, 1.54) is 5.56 Å². The maximum absolute atomic E-state index is 12.9. The van der Waals surface area contributed by atoms with Gasteiger partial charge in [-0.2, -0.15) is 0 Å². The third-order valence-corrected chi connectivity index (χ3v) is 6.19. The van der Waals surface area contributed by atoms with Crippen molar-refractivity contribution < 1.29 is 19.0 Å². The number of carbonyl (C=O) groups excluding carboxylic acids is 1. The van der Waals surface area contributed by atoms with Crippen molar-refractivity contribution >= 4 is 5.91 Å². The summed E-state index contributed by atoms with van der Waals surface area (Å²) in [5, 5.41) is 3.19. The summed E-state index contributed by atoms with van der Waals surface area (Å²) in [4.78, 5) is 17.7. The number of morpholine rings is 2. The molecular formula is C22H33N3O4. The molecule has 0 saturated carbocycles. The molecule has 3 aliphatic rings. The Labute approximate surface area is 173 Å². The first-order valence-corrected chi connectivity index (χ1v) is 10.9. The summed E-state index contributed by atoms with van der Waals surface area (Å²) in [6.45, 7) is 9.96. The van der Waals surface area contributed by atoms with Crippen LogP contribution in [0.15, 0.2) is 24.3 Å².